The van der Waals surface area contributed by atoms with Gasteiger partial charge in [-0.2, -0.15) is 0 Å². The summed E-state index contributed by atoms with van der Waals surface area (Å²) in [4.78, 5) is 64.2. The van der Waals surface area contributed by atoms with Crippen molar-refractivity contribution < 1.29 is 38.9 Å². The van der Waals surface area contributed by atoms with Gasteiger partial charge in [0.15, 0.2) is 0 Å². The molecule has 13 aromatic carbocycles. The van der Waals surface area contributed by atoms with Crippen LogP contribution in [0.25, 0.3) is 120 Å². The number of benzene rings is 13. The molecule has 13 aromatic rings. The lowest BCUT2D eigenvalue weighted by molar-refractivity contribution is 0.0877. The van der Waals surface area contributed by atoms with Crippen LogP contribution in [0, 0.1) is 25.7 Å². The molecular formula is C102H92N4O8. The molecule has 0 bridgehead atoms. The number of allylic oxidation sites excluding steroid dienone is 8. The van der Waals surface area contributed by atoms with Gasteiger partial charge in [0, 0.05) is 58.0 Å². The number of anilines is 2. The highest BCUT2D eigenvalue weighted by molar-refractivity contribution is 6.44. The summed E-state index contributed by atoms with van der Waals surface area (Å²) < 4.78 is 12.5. The molecule has 4 atom stereocenters. The number of hydrogen-bond acceptors (Lipinski definition) is 10. The molecule has 4 amide bonds. The number of amides is 4. The molecular weight excluding hydrogens is 1410 g/mol. The summed E-state index contributed by atoms with van der Waals surface area (Å²) in [6, 6.07) is 52.7. The molecule has 20 rings (SSSR count). The molecule has 568 valence electrons. The monoisotopic (exact) mass is 1500 g/mol. The number of carbonyl (C=O) groups excluding carboxylic acids is 4. The number of imide groups is 2. The van der Waals surface area contributed by atoms with Crippen molar-refractivity contribution in [3.05, 3.63) is 259 Å². The number of hydrogen-bond donors (Lipinski definition) is 4. The first kappa shape index (κ1) is 71.6. The number of nitrogens with one attached hydrogen (secondary N) is 2. The van der Waals surface area contributed by atoms with Crippen LogP contribution in [0.4, 0.5) is 11.4 Å². The Morgan fingerprint density at radius 1 is 0.351 bits per heavy atom. The maximum absolute atomic E-state index is 15.3. The predicted octanol–water partition coefficient (Wildman–Crippen LogP) is 22.3. The van der Waals surface area contributed by atoms with E-state index in [0.29, 0.717) is 89.7 Å². The Labute approximate surface area is 663 Å². The largest absolute Gasteiger partial charge is 0.492 e. The highest BCUT2D eigenvalue weighted by Gasteiger charge is 2.49. The van der Waals surface area contributed by atoms with Crippen molar-refractivity contribution in [2.45, 2.75) is 145 Å². The maximum Gasteiger partial charge on any atom is 0.266 e. The minimum Gasteiger partial charge on any atom is -0.492 e. The third kappa shape index (κ3) is 10.6. The Morgan fingerprint density at radius 2 is 0.640 bits per heavy atom. The summed E-state index contributed by atoms with van der Waals surface area (Å²) in [5, 5.41) is 41.3. The maximum atomic E-state index is 15.3. The average Bonchev–Trinajstić information content (AvgIpc) is 1.41. The van der Waals surface area contributed by atoms with E-state index in [1.54, 1.807) is 0 Å². The second kappa shape index (κ2) is 26.6. The minimum absolute atomic E-state index is 0.0282. The van der Waals surface area contributed by atoms with Gasteiger partial charge in [-0.1, -0.05) is 166 Å². The van der Waals surface area contributed by atoms with Crippen LogP contribution in [-0.4, -0.2) is 72.6 Å². The molecule has 4 unspecified atom stereocenters. The Hall–Kier alpha value is -11.4. The second-order valence-corrected chi connectivity index (χ2v) is 34.1. The SMILES string of the molecule is CCC(O)NCCOc1cc(C(C)C)c(N2C(=O)c3ccc4c5c(ccc(c35)C2=O)C2=CC=C3c5cc6cc(CCc7cc8cc9c(cc8cc7C)-c7ccc8c%10ccc%11c%12c(ccc(c%13ccc-9c7c8%13)c%12%10)C(=O)N(c7c(C(C)C)cc(OCCNC(O)CC)cc7C(C)C)C%11=O)c(C)cc6cc5C5=CC=C4C2C53)c(C(C)C)c1. The summed E-state index contributed by atoms with van der Waals surface area (Å²) in [6.07, 6.45) is 11.1. The topological polar surface area (TPSA) is 158 Å². The van der Waals surface area contributed by atoms with Gasteiger partial charge in [0.1, 0.15) is 37.2 Å². The van der Waals surface area contributed by atoms with Crippen LogP contribution in [0.5, 0.6) is 11.5 Å². The van der Waals surface area contributed by atoms with Crippen molar-refractivity contribution in [1.82, 2.24) is 10.6 Å². The van der Waals surface area contributed by atoms with E-state index in [0.717, 1.165) is 83.9 Å². The van der Waals surface area contributed by atoms with E-state index in [4.69, 9.17) is 9.47 Å². The van der Waals surface area contributed by atoms with Crippen molar-refractivity contribution in [2.24, 2.45) is 11.8 Å². The van der Waals surface area contributed by atoms with Crippen LogP contribution in [-0.2, 0) is 12.8 Å². The number of aliphatic hydroxyl groups is 2. The molecule has 114 heavy (non-hydrogen) atoms. The average molecular weight is 1500 g/mol. The van der Waals surface area contributed by atoms with Crippen LogP contribution in [0.2, 0.25) is 0 Å². The molecule has 2 aliphatic heterocycles. The van der Waals surface area contributed by atoms with Crippen LogP contribution >= 0.6 is 0 Å². The lowest BCUT2D eigenvalue weighted by Crippen LogP contribution is -2.42. The first-order valence-electron chi connectivity index (χ1n) is 41.1. The molecule has 7 aliphatic rings. The molecule has 0 spiro atoms. The molecule has 0 fully saturated rings. The van der Waals surface area contributed by atoms with Crippen molar-refractivity contribution >= 4 is 133 Å². The van der Waals surface area contributed by atoms with Crippen molar-refractivity contribution in [3.63, 3.8) is 0 Å². The number of aryl methyl sites for hydroxylation is 4. The number of aliphatic hydroxyl groups excluding tert-OH is 2. The molecule has 4 N–H and O–H groups in total. The van der Waals surface area contributed by atoms with E-state index < -0.39 is 12.5 Å². The van der Waals surface area contributed by atoms with Crippen molar-refractivity contribution in [2.75, 3.05) is 36.1 Å². The van der Waals surface area contributed by atoms with Gasteiger partial charge in [0.2, 0.25) is 0 Å². The quantitative estimate of drug-likeness (QED) is 0.0179. The fourth-order valence-electron chi connectivity index (χ4n) is 20.5. The van der Waals surface area contributed by atoms with E-state index >= 15 is 19.2 Å². The highest BCUT2D eigenvalue weighted by Crippen LogP contribution is 2.64. The Bertz CT molecular complexity index is 6510. The van der Waals surface area contributed by atoms with Crippen LogP contribution in [0.1, 0.15) is 214 Å². The fourth-order valence-corrected chi connectivity index (χ4v) is 20.5. The molecule has 0 saturated carbocycles. The molecule has 0 radical (unpaired) electrons. The highest BCUT2D eigenvalue weighted by atomic mass is 16.5. The van der Waals surface area contributed by atoms with Gasteiger partial charge in [-0.15, -0.1) is 0 Å². The molecule has 2 heterocycles. The first-order chi connectivity index (χ1) is 55.1. The summed E-state index contributed by atoms with van der Waals surface area (Å²) in [5.41, 5.74) is 26.8. The molecule has 12 nitrogen and oxygen atoms in total. The van der Waals surface area contributed by atoms with E-state index in [9.17, 15) is 10.2 Å². The predicted molar refractivity (Wildman–Crippen MR) is 464 cm³/mol. The van der Waals surface area contributed by atoms with Gasteiger partial charge < -0.3 is 19.7 Å². The normalized spacial score (nSPS) is 16.8. The summed E-state index contributed by atoms with van der Waals surface area (Å²) >= 11 is 0. The smallest absolute Gasteiger partial charge is 0.266 e. The Morgan fingerprint density at radius 3 is 0.991 bits per heavy atom. The summed E-state index contributed by atoms with van der Waals surface area (Å²) in [5.74, 6) is 0.102. The lowest BCUT2D eigenvalue weighted by Gasteiger charge is -2.41. The van der Waals surface area contributed by atoms with Gasteiger partial charge in [0.25, 0.3) is 23.6 Å². The third-order valence-corrected chi connectivity index (χ3v) is 26.2. The number of carbonyl (C=O) groups is 4. The summed E-state index contributed by atoms with van der Waals surface area (Å²) in [7, 11) is 0. The molecule has 5 aliphatic carbocycles. The van der Waals surface area contributed by atoms with Crippen LogP contribution in [0.15, 0.2) is 170 Å². The van der Waals surface area contributed by atoms with Gasteiger partial charge in [-0.25, -0.2) is 9.80 Å². The third-order valence-electron chi connectivity index (χ3n) is 26.2. The van der Waals surface area contributed by atoms with E-state index in [-0.39, 0.29) is 59.1 Å². The molecule has 0 aromatic heterocycles. The van der Waals surface area contributed by atoms with Gasteiger partial charge >= 0.3 is 0 Å². The first-order valence-corrected chi connectivity index (χ1v) is 41.1. The van der Waals surface area contributed by atoms with Crippen LogP contribution in [0.3, 0.4) is 0 Å². The van der Waals surface area contributed by atoms with E-state index in [1.807, 2.05) is 62.4 Å². The van der Waals surface area contributed by atoms with Crippen molar-refractivity contribution in [1.29, 1.82) is 0 Å². The van der Waals surface area contributed by atoms with Crippen molar-refractivity contribution in [3.8, 4) is 33.8 Å². The van der Waals surface area contributed by atoms with Gasteiger partial charge in [0.05, 0.1) is 11.4 Å². The zero-order valence-corrected chi connectivity index (χ0v) is 66.7. The lowest BCUT2D eigenvalue weighted by atomic mass is 9.62. The minimum atomic E-state index is -0.605. The van der Waals surface area contributed by atoms with Gasteiger partial charge in [-0.3, -0.25) is 29.8 Å². The number of fused-ring (bicyclic) bond motifs is 12. The van der Waals surface area contributed by atoms with E-state index in [1.165, 1.54) is 120 Å². The molecule has 12 heteroatoms. The van der Waals surface area contributed by atoms with E-state index in [2.05, 4.69) is 201 Å². The number of ether oxygens (including phenoxy) is 2. The Balaban J connectivity index is 0.584. The number of nitrogens with zero attached hydrogens (tertiary/aromatic N) is 2. The van der Waals surface area contributed by atoms with Gasteiger partial charge in [-0.05, 0) is 312 Å². The zero-order valence-electron chi connectivity index (χ0n) is 66.7. The van der Waals surface area contributed by atoms with Crippen LogP contribution < -0.4 is 29.9 Å². The number of rotatable bonds is 21. The Kier molecular flexibility index (Phi) is 16.7. The zero-order chi connectivity index (χ0) is 78.6. The fraction of sp³-hybridized carbons (Fsp3) is 0.275. The standard InChI is InChI=1S/C102H92N4O8/c1-13-87(107)103-33-35-113-61-45-79(49(3)4)97(80(46-61)50(5)6)105-99(109)75-29-25-67-63-17-21-71-83-41-57-37-53(11)55(39-59(57)43-85(83)73-23-19-65(89(63)93(71)73)69-27-31-77(101(105)111)95(75)91(67)69)15-16-56-40-60-44-86-74-24-20-66-70-28-32-78-96-76(30-26-68(92(70)96)64-18-22-72(94(74)90(64)66)84(86)42-58(60)38-54(56)12)100(110)106(102(78)112)98-81(51(7)8)47-62(48-82(98)52(9)10)114-36-34-104-88(108)14-2/h17-32,37-52,87-89,93,103-104,107-108H,13-16,33-36H2,1-12H3. The summed E-state index contributed by atoms with van der Waals surface area (Å²) in [6.45, 7) is 26.7. The molecule has 0 saturated heterocycles. The second-order valence-electron chi connectivity index (χ2n) is 34.1.